The first-order chi connectivity index (χ1) is 14.4. The molecule has 10 heteroatoms. The molecule has 0 radical (unpaired) electrons. The van der Waals surface area contributed by atoms with Crippen molar-refractivity contribution < 1.29 is 27.7 Å². The van der Waals surface area contributed by atoms with E-state index in [-0.39, 0.29) is 29.8 Å². The molecule has 4 rings (SSSR count). The van der Waals surface area contributed by atoms with Crippen LogP contribution in [0.1, 0.15) is 28.0 Å². The van der Waals surface area contributed by atoms with Crippen LogP contribution in [-0.4, -0.2) is 21.1 Å². The molecule has 0 N–H and O–H groups in total. The molecule has 30 heavy (non-hydrogen) atoms. The smallest absolute Gasteiger partial charge is 0.374 e. The van der Waals surface area contributed by atoms with Crippen LogP contribution >= 0.6 is 0 Å². The van der Waals surface area contributed by atoms with Gasteiger partial charge in [0.15, 0.2) is 6.61 Å². The maximum atomic E-state index is 12.2. The Morgan fingerprint density at radius 1 is 1.07 bits per heavy atom. The summed E-state index contributed by atoms with van der Waals surface area (Å²) in [5.41, 5.74) is 1.23. The van der Waals surface area contributed by atoms with E-state index in [9.17, 15) is 14.9 Å². The first-order valence-corrected chi connectivity index (χ1v) is 8.82. The van der Waals surface area contributed by atoms with E-state index in [1.807, 2.05) is 6.92 Å². The summed E-state index contributed by atoms with van der Waals surface area (Å²) in [7, 11) is 0. The van der Waals surface area contributed by atoms with Crippen LogP contribution in [0.5, 0.6) is 0 Å². The van der Waals surface area contributed by atoms with Gasteiger partial charge >= 0.3 is 5.97 Å². The Morgan fingerprint density at radius 3 is 2.50 bits per heavy atom. The lowest BCUT2D eigenvalue weighted by molar-refractivity contribution is -0.384. The summed E-state index contributed by atoms with van der Waals surface area (Å²) >= 11 is 0. The number of aromatic nitrogens is 2. The van der Waals surface area contributed by atoms with Crippen LogP contribution in [0.4, 0.5) is 5.69 Å². The molecule has 3 heterocycles. The minimum atomic E-state index is -0.710. The number of nitro groups is 1. The molecule has 4 aromatic rings. The highest BCUT2D eigenvalue weighted by Crippen LogP contribution is 2.26. The van der Waals surface area contributed by atoms with Crippen LogP contribution in [0, 0.1) is 24.0 Å². The minimum Gasteiger partial charge on any atom is -0.466 e. The lowest BCUT2D eigenvalue weighted by atomic mass is 10.1. The van der Waals surface area contributed by atoms with Gasteiger partial charge in [-0.25, -0.2) is 4.79 Å². The number of rotatable bonds is 6. The molecule has 0 fully saturated rings. The summed E-state index contributed by atoms with van der Waals surface area (Å²) < 4.78 is 21.6. The van der Waals surface area contributed by atoms with Gasteiger partial charge in [-0.1, -0.05) is 0 Å². The molecule has 0 atom stereocenters. The maximum absolute atomic E-state index is 12.2. The summed E-state index contributed by atoms with van der Waals surface area (Å²) in [4.78, 5) is 22.5. The van der Waals surface area contributed by atoms with Crippen LogP contribution in [0.3, 0.4) is 0 Å². The van der Waals surface area contributed by atoms with E-state index in [0.29, 0.717) is 22.6 Å². The van der Waals surface area contributed by atoms with Crippen molar-refractivity contribution in [1.82, 2.24) is 10.2 Å². The molecule has 0 aliphatic heterocycles. The number of ether oxygens (including phenoxy) is 1. The number of benzene rings is 1. The van der Waals surface area contributed by atoms with Crippen molar-refractivity contribution in [3.8, 4) is 22.8 Å². The van der Waals surface area contributed by atoms with Gasteiger partial charge in [0, 0.05) is 17.7 Å². The predicted molar refractivity (Wildman–Crippen MR) is 101 cm³/mol. The fraction of sp³-hybridized carbons (Fsp3) is 0.150. The van der Waals surface area contributed by atoms with E-state index in [1.165, 1.54) is 30.3 Å². The van der Waals surface area contributed by atoms with Crippen molar-refractivity contribution in [2.75, 3.05) is 0 Å². The van der Waals surface area contributed by atoms with Gasteiger partial charge in [0.25, 0.3) is 17.5 Å². The predicted octanol–water partition coefficient (Wildman–Crippen LogP) is 4.47. The monoisotopic (exact) mass is 409 g/mol. The fourth-order valence-electron chi connectivity index (χ4n) is 2.81. The van der Waals surface area contributed by atoms with Crippen LogP contribution in [0.15, 0.2) is 55.7 Å². The molecule has 3 aromatic heterocycles. The number of hydrogen-bond donors (Lipinski definition) is 0. The molecule has 152 valence electrons. The first kappa shape index (κ1) is 19.1. The van der Waals surface area contributed by atoms with Crippen LogP contribution in [-0.2, 0) is 11.3 Å². The van der Waals surface area contributed by atoms with E-state index >= 15 is 0 Å². The largest absolute Gasteiger partial charge is 0.466 e. The summed E-state index contributed by atoms with van der Waals surface area (Å²) in [6.45, 7) is 3.37. The van der Waals surface area contributed by atoms with Gasteiger partial charge in [0.2, 0.25) is 5.76 Å². The molecule has 0 saturated carbocycles. The van der Waals surface area contributed by atoms with E-state index in [1.54, 1.807) is 19.1 Å². The van der Waals surface area contributed by atoms with Crippen LogP contribution in [0.25, 0.3) is 22.8 Å². The van der Waals surface area contributed by atoms with E-state index in [4.69, 9.17) is 18.0 Å². The fourth-order valence-corrected chi connectivity index (χ4v) is 2.81. The number of non-ortho nitro benzene ring substituents is 1. The Labute approximate surface area is 169 Å². The van der Waals surface area contributed by atoms with Gasteiger partial charge in [-0.2, -0.15) is 0 Å². The second-order valence-corrected chi connectivity index (χ2v) is 6.37. The zero-order chi connectivity index (χ0) is 21.3. The highest BCUT2D eigenvalue weighted by atomic mass is 16.6. The van der Waals surface area contributed by atoms with Gasteiger partial charge in [-0.15, -0.1) is 10.2 Å². The highest BCUT2D eigenvalue weighted by Gasteiger charge is 2.18. The number of carbonyl (C=O) groups excluding carboxylic acids is 1. The average Bonchev–Trinajstić information content (AvgIpc) is 3.46. The number of esters is 1. The van der Waals surface area contributed by atoms with Crippen LogP contribution in [0.2, 0.25) is 0 Å². The van der Waals surface area contributed by atoms with Crippen molar-refractivity contribution in [2.45, 2.75) is 20.5 Å². The standard InChI is InChI=1S/C20H15N3O7/c1-11-9-15(12(2)28-11)19-22-21-18(30-19)10-27-20(24)17-8-7-16(29-17)13-3-5-14(6-4-13)23(25)26/h3-9H,10H2,1-2H3. The second kappa shape index (κ2) is 7.66. The zero-order valence-corrected chi connectivity index (χ0v) is 15.9. The Kier molecular flexibility index (Phi) is 4.88. The Balaban J connectivity index is 1.40. The molecule has 1 aromatic carbocycles. The number of nitro benzene ring substituents is 1. The van der Waals surface area contributed by atoms with Crippen molar-refractivity contribution in [3.63, 3.8) is 0 Å². The lowest BCUT2D eigenvalue weighted by Gasteiger charge is -1.99. The van der Waals surface area contributed by atoms with Crippen molar-refractivity contribution >= 4 is 11.7 Å². The third-order valence-electron chi connectivity index (χ3n) is 4.23. The van der Waals surface area contributed by atoms with Crippen molar-refractivity contribution in [2.24, 2.45) is 0 Å². The van der Waals surface area contributed by atoms with Crippen molar-refractivity contribution in [3.05, 3.63) is 75.8 Å². The lowest BCUT2D eigenvalue weighted by Crippen LogP contribution is -2.04. The van der Waals surface area contributed by atoms with Crippen LogP contribution < -0.4 is 0 Å². The van der Waals surface area contributed by atoms with Gasteiger partial charge < -0.3 is 18.0 Å². The molecule has 0 bridgehead atoms. The third kappa shape index (κ3) is 3.83. The summed E-state index contributed by atoms with van der Waals surface area (Å²) in [5, 5.41) is 18.5. The first-order valence-electron chi connectivity index (χ1n) is 8.82. The summed E-state index contributed by atoms with van der Waals surface area (Å²) in [6, 6.07) is 10.6. The molecular weight excluding hydrogens is 394 g/mol. The van der Waals surface area contributed by atoms with Gasteiger partial charge in [0.05, 0.1) is 10.5 Å². The highest BCUT2D eigenvalue weighted by molar-refractivity contribution is 5.87. The normalized spacial score (nSPS) is 10.9. The molecule has 0 saturated heterocycles. The Bertz CT molecular complexity index is 1220. The third-order valence-corrected chi connectivity index (χ3v) is 4.23. The summed E-state index contributed by atoms with van der Waals surface area (Å²) in [6.07, 6.45) is 0. The number of aryl methyl sites for hydroxylation is 2. The average molecular weight is 409 g/mol. The quantitative estimate of drug-likeness (QED) is 0.257. The SMILES string of the molecule is Cc1cc(-c2nnc(COC(=O)c3ccc(-c4ccc([N+](=O)[O-])cc4)o3)o2)c(C)o1. The zero-order valence-electron chi connectivity index (χ0n) is 15.9. The Hall–Kier alpha value is -4.21. The van der Waals surface area contributed by atoms with Gasteiger partial charge in [-0.3, -0.25) is 10.1 Å². The minimum absolute atomic E-state index is 0.0237. The molecule has 0 amide bonds. The topological polar surface area (TPSA) is 135 Å². The number of hydrogen-bond acceptors (Lipinski definition) is 9. The maximum Gasteiger partial charge on any atom is 0.374 e. The summed E-state index contributed by atoms with van der Waals surface area (Å²) in [5.74, 6) is 1.40. The van der Waals surface area contributed by atoms with E-state index in [2.05, 4.69) is 10.2 Å². The molecule has 0 aliphatic rings. The van der Waals surface area contributed by atoms with E-state index < -0.39 is 10.9 Å². The second-order valence-electron chi connectivity index (χ2n) is 6.37. The number of furan rings is 2. The Morgan fingerprint density at radius 2 is 1.83 bits per heavy atom. The van der Waals surface area contributed by atoms with Gasteiger partial charge in [-0.05, 0) is 44.2 Å². The number of carbonyl (C=O) groups is 1. The van der Waals surface area contributed by atoms with E-state index in [0.717, 1.165) is 5.76 Å². The molecule has 0 spiro atoms. The molecule has 10 nitrogen and oxygen atoms in total. The molecule has 0 unspecified atom stereocenters. The molecule has 0 aliphatic carbocycles. The number of nitrogens with zero attached hydrogens (tertiary/aromatic N) is 3. The molecular formula is C20H15N3O7. The van der Waals surface area contributed by atoms with Crippen molar-refractivity contribution in [1.29, 1.82) is 0 Å². The van der Waals surface area contributed by atoms with Gasteiger partial charge in [0.1, 0.15) is 17.3 Å².